The Labute approximate surface area is 126 Å². The summed E-state index contributed by atoms with van der Waals surface area (Å²) < 4.78 is 37.1. The lowest BCUT2D eigenvalue weighted by atomic mass is 10.2. The second kappa shape index (κ2) is 5.53. The minimum atomic E-state index is -3.04. The number of nitrogens with one attached hydrogen (secondary N) is 1. The lowest BCUT2D eigenvalue weighted by Gasteiger charge is -2.08. The van der Waals surface area contributed by atoms with Gasteiger partial charge in [0.05, 0.1) is 17.2 Å². The van der Waals surface area contributed by atoms with Crippen LogP contribution in [0, 0.1) is 5.82 Å². The molecule has 116 valence electrons. The molecule has 1 aromatic carbocycles. The van der Waals surface area contributed by atoms with E-state index in [2.05, 4.69) is 10.4 Å². The van der Waals surface area contributed by atoms with E-state index in [1.165, 1.54) is 22.9 Å². The van der Waals surface area contributed by atoms with Crippen molar-refractivity contribution in [2.24, 2.45) is 0 Å². The summed E-state index contributed by atoms with van der Waals surface area (Å²) >= 11 is 0. The molecule has 0 radical (unpaired) electrons. The van der Waals surface area contributed by atoms with Crippen molar-refractivity contribution in [2.45, 2.75) is 12.5 Å². The molecule has 0 spiro atoms. The van der Waals surface area contributed by atoms with Gasteiger partial charge in [0.15, 0.2) is 15.5 Å². The number of aromatic nitrogens is 2. The first-order valence-corrected chi connectivity index (χ1v) is 8.58. The molecule has 1 fully saturated rings. The molecular weight excluding hydrogens is 309 g/mol. The average Bonchev–Trinajstić information content (AvgIpc) is 3.06. The predicted octanol–water partition coefficient (Wildman–Crippen LogP) is 0.928. The molecule has 0 aliphatic carbocycles. The fraction of sp³-hybridized carbons (Fsp3) is 0.286. The van der Waals surface area contributed by atoms with Gasteiger partial charge in [-0.05, 0) is 36.8 Å². The summed E-state index contributed by atoms with van der Waals surface area (Å²) in [5.74, 6) is -0.696. The Hall–Kier alpha value is -2.22. The highest BCUT2D eigenvalue weighted by molar-refractivity contribution is 7.91. The number of rotatable bonds is 3. The maximum Gasteiger partial charge on any atom is 0.272 e. The van der Waals surface area contributed by atoms with Crippen molar-refractivity contribution in [1.29, 1.82) is 0 Å². The molecule has 8 heteroatoms. The summed E-state index contributed by atoms with van der Waals surface area (Å²) in [5, 5.41) is 6.79. The van der Waals surface area contributed by atoms with Gasteiger partial charge in [-0.25, -0.2) is 17.5 Å². The Kier molecular flexibility index (Phi) is 3.69. The summed E-state index contributed by atoms with van der Waals surface area (Å²) in [6, 6.07) is 6.87. The molecule has 1 aromatic heterocycles. The van der Waals surface area contributed by atoms with Gasteiger partial charge in [0.1, 0.15) is 5.82 Å². The Morgan fingerprint density at radius 1 is 1.27 bits per heavy atom. The van der Waals surface area contributed by atoms with Gasteiger partial charge in [-0.15, -0.1) is 0 Å². The smallest absolute Gasteiger partial charge is 0.272 e. The number of benzene rings is 1. The van der Waals surface area contributed by atoms with Crippen molar-refractivity contribution < 1.29 is 17.6 Å². The van der Waals surface area contributed by atoms with Crippen LogP contribution in [0.3, 0.4) is 0 Å². The molecule has 2 aromatic rings. The van der Waals surface area contributed by atoms with Crippen molar-refractivity contribution >= 4 is 15.7 Å². The van der Waals surface area contributed by atoms with Crippen LogP contribution in [0.4, 0.5) is 4.39 Å². The predicted molar refractivity (Wildman–Crippen MR) is 78.0 cm³/mol. The first-order chi connectivity index (χ1) is 10.4. The van der Waals surface area contributed by atoms with Crippen LogP contribution in [0.1, 0.15) is 16.9 Å². The minimum absolute atomic E-state index is 0.0303. The van der Waals surface area contributed by atoms with Crippen LogP contribution >= 0.6 is 0 Å². The zero-order valence-corrected chi connectivity index (χ0v) is 12.4. The number of sulfone groups is 1. The van der Waals surface area contributed by atoms with E-state index in [-0.39, 0.29) is 29.1 Å². The number of halogens is 1. The van der Waals surface area contributed by atoms with E-state index in [0.29, 0.717) is 12.1 Å². The van der Waals surface area contributed by atoms with E-state index in [4.69, 9.17) is 0 Å². The van der Waals surface area contributed by atoms with E-state index >= 15 is 0 Å². The Bertz CT molecular complexity index is 799. The van der Waals surface area contributed by atoms with Crippen molar-refractivity contribution in [3.8, 4) is 5.69 Å². The Morgan fingerprint density at radius 2 is 2.00 bits per heavy atom. The fourth-order valence-corrected chi connectivity index (χ4v) is 4.02. The molecule has 1 amide bonds. The molecule has 0 bridgehead atoms. The molecule has 0 unspecified atom stereocenters. The number of carbonyl (C=O) groups is 1. The molecule has 1 aliphatic rings. The summed E-state index contributed by atoms with van der Waals surface area (Å²) in [6.45, 7) is 0. The van der Waals surface area contributed by atoms with E-state index in [1.54, 1.807) is 18.3 Å². The van der Waals surface area contributed by atoms with Gasteiger partial charge < -0.3 is 5.32 Å². The normalized spacial score (nSPS) is 20.0. The zero-order chi connectivity index (χ0) is 15.7. The van der Waals surface area contributed by atoms with Gasteiger partial charge in [0, 0.05) is 12.2 Å². The molecular formula is C14H14FN3O3S. The van der Waals surface area contributed by atoms with Crippen LogP contribution < -0.4 is 5.32 Å². The molecule has 1 saturated heterocycles. The number of amides is 1. The summed E-state index contributed by atoms with van der Waals surface area (Å²) in [7, 11) is -3.04. The standard InChI is InChI=1S/C14H14FN3O3S/c15-10-1-3-12(4-2-10)18-7-5-13(17-18)14(19)16-11-6-8-22(20,21)9-11/h1-5,7,11H,6,8-9H2,(H,16,19)/t11-/m0/s1. The molecule has 6 nitrogen and oxygen atoms in total. The molecule has 0 saturated carbocycles. The molecule has 1 atom stereocenters. The van der Waals surface area contributed by atoms with Gasteiger partial charge in [-0.3, -0.25) is 4.79 Å². The highest BCUT2D eigenvalue weighted by Gasteiger charge is 2.29. The van der Waals surface area contributed by atoms with Gasteiger partial charge in [-0.1, -0.05) is 0 Å². The van der Waals surface area contributed by atoms with Crippen LogP contribution in [0.5, 0.6) is 0 Å². The quantitative estimate of drug-likeness (QED) is 0.911. The summed E-state index contributed by atoms with van der Waals surface area (Å²) in [4.78, 5) is 12.1. The highest BCUT2D eigenvalue weighted by Crippen LogP contribution is 2.13. The Morgan fingerprint density at radius 3 is 2.64 bits per heavy atom. The average molecular weight is 323 g/mol. The van der Waals surface area contributed by atoms with Crippen LogP contribution in [0.15, 0.2) is 36.5 Å². The largest absolute Gasteiger partial charge is 0.347 e. The molecule has 3 rings (SSSR count). The van der Waals surface area contributed by atoms with Crippen LogP contribution in [0.2, 0.25) is 0 Å². The van der Waals surface area contributed by atoms with Crippen molar-refractivity contribution in [3.05, 3.63) is 48.0 Å². The van der Waals surface area contributed by atoms with Crippen molar-refractivity contribution in [3.63, 3.8) is 0 Å². The van der Waals surface area contributed by atoms with E-state index < -0.39 is 15.7 Å². The third-order valence-electron chi connectivity index (χ3n) is 3.48. The molecule has 22 heavy (non-hydrogen) atoms. The lowest BCUT2D eigenvalue weighted by molar-refractivity contribution is 0.0935. The Balaban J connectivity index is 1.71. The van der Waals surface area contributed by atoms with Gasteiger partial charge >= 0.3 is 0 Å². The summed E-state index contributed by atoms with van der Waals surface area (Å²) in [5.41, 5.74) is 0.817. The summed E-state index contributed by atoms with van der Waals surface area (Å²) in [6.07, 6.45) is 2.01. The highest BCUT2D eigenvalue weighted by atomic mass is 32.2. The molecule has 1 aliphatic heterocycles. The third-order valence-corrected chi connectivity index (χ3v) is 5.25. The number of nitrogens with zero attached hydrogens (tertiary/aromatic N) is 2. The maximum absolute atomic E-state index is 12.9. The van der Waals surface area contributed by atoms with Crippen molar-refractivity contribution in [2.75, 3.05) is 11.5 Å². The monoisotopic (exact) mass is 323 g/mol. The lowest BCUT2D eigenvalue weighted by Crippen LogP contribution is -2.35. The minimum Gasteiger partial charge on any atom is -0.347 e. The van der Waals surface area contributed by atoms with E-state index in [0.717, 1.165) is 0 Å². The van der Waals surface area contributed by atoms with Crippen LogP contribution in [-0.2, 0) is 9.84 Å². The zero-order valence-electron chi connectivity index (χ0n) is 11.6. The number of hydrogen-bond donors (Lipinski definition) is 1. The van der Waals surface area contributed by atoms with Gasteiger partial charge in [0.25, 0.3) is 5.91 Å². The van der Waals surface area contributed by atoms with Crippen LogP contribution in [0.25, 0.3) is 5.69 Å². The molecule has 1 N–H and O–H groups in total. The topological polar surface area (TPSA) is 81.1 Å². The maximum atomic E-state index is 12.9. The second-order valence-corrected chi connectivity index (χ2v) is 7.42. The van der Waals surface area contributed by atoms with Crippen LogP contribution in [-0.4, -0.2) is 41.7 Å². The second-order valence-electron chi connectivity index (χ2n) is 5.20. The van der Waals surface area contributed by atoms with E-state index in [9.17, 15) is 17.6 Å². The number of hydrogen-bond acceptors (Lipinski definition) is 4. The SMILES string of the molecule is O=C(N[C@H]1CCS(=O)(=O)C1)c1ccn(-c2ccc(F)cc2)n1. The number of carbonyl (C=O) groups excluding carboxylic acids is 1. The van der Waals surface area contributed by atoms with E-state index in [1.807, 2.05) is 0 Å². The first-order valence-electron chi connectivity index (χ1n) is 6.76. The third kappa shape index (κ3) is 3.16. The van der Waals surface area contributed by atoms with Crippen molar-refractivity contribution in [1.82, 2.24) is 15.1 Å². The molecule has 2 heterocycles. The van der Waals surface area contributed by atoms with Gasteiger partial charge in [0.2, 0.25) is 0 Å². The van der Waals surface area contributed by atoms with Gasteiger partial charge in [-0.2, -0.15) is 5.10 Å². The first kappa shape index (κ1) is 14.7. The fourth-order valence-electron chi connectivity index (χ4n) is 2.35.